The van der Waals surface area contributed by atoms with E-state index in [1.165, 1.54) is 36.4 Å². The third-order valence-corrected chi connectivity index (χ3v) is 5.67. The van der Waals surface area contributed by atoms with Crippen molar-refractivity contribution in [3.63, 3.8) is 0 Å². The lowest BCUT2D eigenvalue weighted by Gasteiger charge is -2.08. The van der Waals surface area contributed by atoms with E-state index >= 15 is 0 Å². The highest BCUT2D eigenvalue weighted by atomic mass is 35.5. The van der Waals surface area contributed by atoms with Crippen LogP contribution in [0.2, 0.25) is 5.02 Å². The van der Waals surface area contributed by atoms with Gasteiger partial charge in [0.1, 0.15) is 27.5 Å². The van der Waals surface area contributed by atoms with Crippen LogP contribution >= 0.6 is 11.6 Å². The number of benzene rings is 2. The summed E-state index contributed by atoms with van der Waals surface area (Å²) in [7, 11) is -9.28. The molecule has 0 aliphatic rings. The fourth-order valence-electron chi connectivity index (χ4n) is 2.28. The molecule has 0 saturated heterocycles. The first-order valence-electron chi connectivity index (χ1n) is 7.79. The third-order valence-electron chi connectivity index (χ3n) is 3.61. The zero-order chi connectivity index (χ0) is 22.5. The number of hydrogen-bond donors (Lipinski definition) is 3. The van der Waals surface area contributed by atoms with Crippen molar-refractivity contribution >= 4 is 49.7 Å². The van der Waals surface area contributed by atoms with Crippen LogP contribution in [0.3, 0.4) is 0 Å². The largest absolute Gasteiger partial charge is 0.360 e. The molecule has 154 valence electrons. The summed E-state index contributed by atoms with van der Waals surface area (Å²) in [6.07, 6.45) is 3.50. The monoisotopic (exact) mass is 465 g/mol. The van der Waals surface area contributed by atoms with Crippen LogP contribution in [0.1, 0.15) is 11.1 Å². The normalized spacial score (nSPS) is 11.5. The molecule has 0 spiro atoms. The molecule has 30 heavy (non-hydrogen) atoms. The Hall–Kier alpha value is -3.19. The summed E-state index contributed by atoms with van der Waals surface area (Å²) in [5, 5.41) is 20.1. The van der Waals surface area contributed by atoms with Gasteiger partial charge in [-0.2, -0.15) is 27.4 Å². The van der Waals surface area contributed by atoms with Crippen molar-refractivity contribution in [3.05, 3.63) is 64.3 Å². The topological polar surface area (TPSA) is 168 Å². The van der Waals surface area contributed by atoms with Gasteiger partial charge in [0.25, 0.3) is 20.2 Å². The average Bonchev–Trinajstić information content (AvgIpc) is 2.66. The first-order chi connectivity index (χ1) is 14.0. The second-order valence-electron chi connectivity index (χ2n) is 5.64. The molecule has 0 atom stereocenters. The highest BCUT2D eigenvalue weighted by Crippen LogP contribution is 2.26. The van der Waals surface area contributed by atoms with E-state index in [1.54, 1.807) is 12.1 Å². The number of nitrogens with one attached hydrogen (secondary N) is 1. The molecular formula is C18H12ClN3O6S2. The molecule has 2 rings (SSSR count). The van der Waals surface area contributed by atoms with Crippen LogP contribution in [0.15, 0.2) is 58.0 Å². The molecule has 0 aliphatic heterocycles. The SMILES string of the molecule is N#CC(C#N)=CNc1ccc(C=Cc2ccc(Cl)cc2S(=O)(=O)O)c(S(=O)(=O)O)c1. The first-order valence-corrected chi connectivity index (χ1v) is 11.0. The summed E-state index contributed by atoms with van der Waals surface area (Å²) in [6, 6.07) is 10.7. The lowest BCUT2D eigenvalue weighted by Crippen LogP contribution is -2.03. The summed E-state index contributed by atoms with van der Waals surface area (Å²) in [6.45, 7) is 0. The molecule has 9 nitrogen and oxygen atoms in total. The number of rotatable bonds is 6. The first kappa shape index (κ1) is 23.1. The minimum Gasteiger partial charge on any atom is -0.360 e. The van der Waals surface area contributed by atoms with Crippen LogP contribution in [0.25, 0.3) is 12.2 Å². The molecule has 0 saturated carbocycles. The summed E-state index contributed by atoms with van der Waals surface area (Å²) >= 11 is 5.75. The molecular weight excluding hydrogens is 454 g/mol. The van der Waals surface area contributed by atoms with E-state index in [9.17, 15) is 25.9 Å². The molecule has 0 amide bonds. The smallest absolute Gasteiger partial charge is 0.295 e. The maximum absolute atomic E-state index is 11.8. The van der Waals surface area contributed by atoms with Gasteiger partial charge in [-0.3, -0.25) is 9.11 Å². The molecule has 0 fully saturated rings. The van der Waals surface area contributed by atoms with E-state index in [0.717, 1.165) is 18.3 Å². The quantitative estimate of drug-likeness (QED) is 0.329. The molecule has 2 aromatic rings. The predicted molar refractivity (Wildman–Crippen MR) is 109 cm³/mol. The molecule has 0 aliphatic carbocycles. The highest BCUT2D eigenvalue weighted by molar-refractivity contribution is 7.86. The number of nitrogens with zero attached hydrogens (tertiary/aromatic N) is 2. The molecule has 0 unspecified atom stereocenters. The van der Waals surface area contributed by atoms with E-state index < -0.39 is 30.0 Å². The molecule has 0 aromatic heterocycles. The number of allylic oxidation sites excluding steroid dienone is 1. The van der Waals surface area contributed by atoms with Gasteiger partial charge in [-0.25, -0.2) is 0 Å². The van der Waals surface area contributed by atoms with Gasteiger partial charge in [0.15, 0.2) is 0 Å². The average molecular weight is 466 g/mol. The van der Waals surface area contributed by atoms with Crippen molar-refractivity contribution in [3.8, 4) is 12.1 Å². The molecule has 0 heterocycles. The Morgan fingerprint density at radius 2 is 1.40 bits per heavy atom. The summed E-state index contributed by atoms with van der Waals surface area (Å²) < 4.78 is 65.4. The molecule has 3 N–H and O–H groups in total. The molecule has 12 heteroatoms. The second kappa shape index (κ2) is 9.09. The minimum absolute atomic E-state index is 0.00376. The van der Waals surface area contributed by atoms with Crippen LogP contribution < -0.4 is 5.32 Å². The molecule has 2 aromatic carbocycles. The van der Waals surface area contributed by atoms with Crippen molar-refractivity contribution < 1.29 is 25.9 Å². The lowest BCUT2D eigenvalue weighted by molar-refractivity contribution is 0.480. The van der Waals surface area contributed by atoms with Crippen molar-refractivity contribution in [1.29, 1.82) is 10.5 Å². The Morgan fingerprint density at radius 3 is 1.90 bits per heavy atom. The number of hydrogen-bond acceptors (Lipinski definition) is 7. The summed E-state index contributed by atoms with van der Waals surface area (Å²) in [5.74, 6) is 0. The minimum atomic E-state index is -4.69. The maximum atomic E-state index is 11.8. The Kier molecular flexibility index (Phi) is 7.00. The zero-order valence-electron chi connectivity index (χ0n) is 14.8. The molecule has 0 radical (unpaired) electrons. The standard InChI is InChI=1S/C18H12ClN3O6S2/c19-15-5-3-13(17(7-15)29(23,24)25)1-2-14-4-6-16(8-18(14)30(26,27)28)22-11-12(9-20)10-21/h1-8,11,22H,(H,23,24,25)(H,26,27,28). The van der Waals surface area contributed by atoms with Crippen LogP contribution in [0.5, 0.6) is 0 Å². The summed E-state index contributed by atoms with van der Waals surface area (Å²) in [4.78, 5) is -1.00. The Labute approximate surface area is 177 Å². The number of halogens is 1. The Balaban J connectivity index is 2.53. The van der Waals surface area contributed by atoms with E-state index in [4.69, 9.17) is 22.1 Å². The van der Waals surface area contributed by atoms with Gasteiger partial charge in [0.2, 0.25) is 0 Å². The van der Waals surface area contributed by atoms with E-state index in [1.807, 2.05) is 0 Å². The van der Waals surface area contributed by atoms with Gasteiger partial charge >= 0.3 is 0 Å². The summed E-state index contributed by atoms with van der Waals surface area (Å²) in [5.41, 5.74) is -0.0641. The van der Waals surface area contributed by atoms with Gasteiger partial charge in [-0.05, 0) is 35.4 Å². The van der Waals surface area contributed by atoms with E-state index in [2.05, 4.69) is 5.32 Å². The van der Waals surface area contributed by atoms with E-state index in [0.29, 0.717) is 0 Å². The maximum Gasteiger partial charge on any atom is 0.295 e. The van der Waals surface area contributed by atoms with Gasteiger partial charge in [-0.1, -0.05) is 35.9 Å². The fourth-order valence-corrected chi connectivity index (χ4v) is 3.94. The van der Waals surface area contributed by atoms with E-state index in [-0.39, 0.29) is 27.4 Å². The van der Waals surface area contributed by atoms with Crippen LogP contribution in [-0.2, 0) is 20.2 Å². The number of anilines is 1. The van der Waals surface area contributed by atoms with Crippen molar-refractivity contribution in [2.45, 2.75) is 9.79 Å². The van der Waals surface area contributed by atoms with Crippen LogP contribution in [0, 0.1) is 22.7 Å². The van der Waals surface area contributed by atoms with Crippen LogP contribution in [-0.4, -0.2) is 25.9 Å². The predicted octanol–water partition coefficient (Wildman–Crippen LogP) is 3.35. The highest BCUT2D eigenvalue weighted by Gasteiger charge is 2.17. The van der Waals surface area contributed by atoms with Crippen molar-refractivity contribution in [2.24, 2.45) is 0 Å². The Morgan fingerprint density at radius 1 is 0.900 bits per heavy atom. The van der Waals surface area contributed by atoms with Crippen LogP contribution in [0.4, 0.5) is 5.69 Å². The van der Waals surface area contributed by atoms with Gasteiger partial charge in [0.05, 0.1) is 0 Å². The van der Waals surface area contributed by atoms with Gasteiger partial charge in [0, 0.05) is 16.9 Å². The third kappa shape index (κ3) is 5.90. The van der Waals surface area contributed by atoms with Crippen molar-refractivity contribution in [1.82, 2.24) is 0 Å². The number of nitriles is 2. The van der Waals surface area contributed by atoms with Gasteiger partial charge in [-0.15, -0.1) is 0 Å². The van der Waals surface area contributed by atoms with Gasteiger partial charge < -0.3 is 5.32 Å². The Bertz CT molecular complexity index is 1340. The fraction of sp³-hybridized carbons (Fsp3) is 0. The van der Waals surface area contributed by atoms with Crippen molar-refractivity contribution in [2.75, 3.05) is 5.32 Å². The molecule has 0 bridgehead atoms. The lowest BCUT2D eigenvalue weighted by atomic mass is 10.1. The zero-order valence-corrected chi connectivity index (χ0v) is 17.2. The second-order valence-corrected chi connectivity index (χ2v) is 8.86.